The first-order valence-corrected chi connectivity index (χ1v) is 9.53. The van der Waals surface area contributed by atoms with E-state index in [0.717, 1.165) is 45.4 Å². The van der Waals surface area contributed by atoms with Crippen molar-refractivity contribution in [1.29, 1.82) is 0 Å². The summed E-state index contributed by atoms with van der Waals surface area (Å²) in [4.78, 5) is 5.13. The van der Waals surface area contributed by atoms with Crippen LogP contribution in [-0.4, -0.2) is 52.7 Å². The Morgan fingerprint density at radius 1 is 0.800 bits per heavy atom. The van der Waals surface area contributed by atoms with Gasteiger partial charge in [-0.25, -0.2) is 0 Å². The van der Waals surface area contributed by atoms with Gasteiger partial charge in [-0.2, -0.15) is 0 Å². The van der Waals surface area contributed by atoms with Crippen molar-refractivity contribution in [3.63, 3.8) is 0 Å². The molecule has 3 aliphatic rings. The Labute approximate surface area is 150 Å². The van der Waals surface area contributed by atoms with Gasteiger partial charge in [0.05, 0.1) is 6.10 Å². The summed E-state index contributed by atoms with van der Waals surface area (Å²) in [6.45, 7) is 4.11. The van der Waals surface area contributed by atoms with E-state index in [1.165, 1.54) is 11.1 Å². The molecule has 2 aromatic rings. The smallest absolute Gasteiger partial charge is 0.0708 e. The Hall–Kier alpha value is -1.68. The number of fused-ring (bicyclic) bond motifs is 4. The molecular weight excluding hydrogens is 308 g/mol. The van der Waals surface area contributed by atoms with Crippen molar-refractivity contribution < 1.29 is 5.11 Å². The summed E-state index contributed by atoms with van der Waals surface area (Å²) in [5.41, 5.74) is 2.76. The summed E-state index contributed by atoms with van der Waals surface area (Å²) in [7, 11) is 0. The fourth-order valence-corrected chi connectivity index (χ4v) is 4.41. The van der Waals surface area contributed by atoms with E-state index in [2.05, 4.69) is 70.5 Å². The summed E-state index contributed by atoms with van der Waals surface area (Å²) >= 11 is 0. The topological polar surface area (TPSA) is 26.7 Å². The van der Waals surface area contributed by atoms with Crippen molar-refractivity contribution in [3.8, 4) is 0 Å². The maximum absolute atomic E-state index is 10.7. The van der Waals surface area contributed by atoms with Crippen LogP contribution in [0.4, 0.5) is 0 Å². The molecule has 0 spiro atoms. The number of piperazine rings is 1. The number of aliphatic hydroxyl groups excluding tert-OH is 1. The van der Waals surface area contributed by atoms with Crippen LogP contribution in [0.3, 0.4) is 0 Å². The molecule has 0 aromatic heterocycles. The molecule has 0 aliphatic carbocycles. The van der Waals surface area contributed by atoms with Crippen molar-refractivity contribution in [3.05, 3.63) is 71.8 Å². The third-order valence-corrected chi connectivity index (χ3v) is 5.85. The van der Waals surface area contributed by atoms with E-state index in [1.54, 1.807) is 0 Å². The van der Waals surface area contributed by atoms with E-state index in [-0.39, 0.29) is 12.1 Å². The lowest BCUT2D eigenvalue weighted by Crippen LogP contribution is -2.58. The average Bonchev–Trinajstić information content (AvgIpc) is 2.90. The fraction of sp³-hybridized carbons (Fsp3) is 0.455. The molecular formula is C22H28N2O. The Morgan fingerprint density at radius 2 is 1.48 bits per heavy atom. The molecule has 0 unspecified atom stereocenters. The minimum atomic E-state index is -0.193. The van der Waals surface area contributed by atoms with Gasteiger partial charge in [0.25, 0.3) is 0 Å². The van der Waals surface area contributed by atoms with Gasteiger partial charge < -0.3 is 5.11 Å². The molecule has 0 radical (unpaired) electrons. The van der Waals surface area contributed by atoms with Crippen LogP contribution in [0.1, 0.15) is 24.0 Å². The molecule has 3 nitrogen and oxygen atoms in total. The Bertz CT molecular complexity index is 660. The van der Waals surface area contributed by atoms with Crippen LogP contribution < -0.4 is 0 Å². The maximum Gasteiger partial charge on any atom is 0.0708 e. The molecule has 2 aromatic carbocycles. The molecule has 3 heteroatoms. The number of rotatable bonds is 5. The highest BCUT2D eigenvalue weighted by molar-refractivity contribution is 5.16. The lowest BCUT2D eigenvalue weighted by Gasteiger charge is -2.45. The molecule has 5 rings (SSSR count). The Kier molecular flexibility index (Phi) is 5.16. The van der Waals surface area contributed by atoms with Crippen LogP contribution in [0, 0.1) is 0 Å². The highest BCUT2D eigenvalue weighted by Crippen LogP contribution is 2.29. The number of aliphatic hydroxyl groups is 1. The van der Waals surface area contributed by atoms with E-state index in [4.69, 9.17) is 0 Å². The van der Waals surface area contributed by atoms with E-state index < -0.39 is 0 Å². The molecule has 132 valence electrons. The largest absolute Gasteiger partial charge is 0.391 e. The van der Waals surface area contributed by atoms with Crippen molar-refractivity contribution in [2.75, 3.05) is 19.6 Å². The van der Waals surface area contributed by atoms with E-state index in [0.29, 0.717) is 6.04 Å². The summed E-state index contributed by atoms with van der Waals surface area (Å²) in [6.07, 6.45) is 2.91. The lowest BCUT2D eigenvalue weighted by molar-refractivity contribution is -0.00634. The predicted octanol–water partition coefficient (Wildman–Crippen LogP) is 2.94. The summed E-state index contributed by atoms with van der Waals surface area (Å²) < 4.78 is 0. The van der Waals surface area contributed by atoms with E-state index in [1.807, 2.05) is 0 Å². The van der Waals surface area contributed by atoms with Crippen molar-refractivity contribution in [2.24, 2.45) is 0 Å². The Balaban J connectivity index is 1.43. The molecule has 0 amide bonds. The first kappa shape index (κ1) is 16.8. The van der Waals surface area contributed by atoms with Crippen LogP contribution in [-0.2, 0) is 13.0 Å². The third-order valence-electron chi connectivity index (χ3n) is 5.85. The minimum absolute atomic E-state index is 0.193. The van der Waals surface area contributed by atoms with Gasteiger partial charge in [-0.05, 0) is 30.4 Å². The van der Waals surface area contributed by atoms with Gasteiger partial charge in [-0.15, -0.1) is 0 Å². The van der Waals surface area contributed by atoms with Crippen molar-refractivity contribution in [1.82, 2.24) is 9.80 Å². The van der Waals surface area contributed by atoms with Crippen LogP contribution in [0.2, 0.25) is 0 Å². The summed E-state index contributed by atoms with van der Waals surface area (Å²) in [6, 6.07) is 22.3. The highest BCUT2D eigenvalue weighted by atomic mass is 16.3. The van der Waals surface area contributed by atoms with Crippen molar-refractivity contribution in [2.45, 2.75) is 44.0 Å². The van der Waals surface area contributed by atoms with Gasteiger partial charge >= 0.3 is 0 Å². The quantitative estimate of drug-likeness (QED) is 0.909. The number of hydrogen-bond acceptors (Lipinski definition) is 3. The highest BCUT2D eigenvalue weighted by Gasteiger charge is 2.40. The van der Waals surface area contributed by atoms with Crippen LogP contribution in [0.25, 0.3) is 0 Å². The van der Waals surface area contributed by atoms with Crippen molar-refractivity contribution >= 4 is 0 Å². The Morgan fingerprint density at radius 3 is 2.20 bits per heavy atom. The van der Waals surface area contributed by atoms with Gasteiger partial charge in [0.1, 0.15) is 0 Å². The van der Waals surface area contributed by atoms with Gasteiger partial charge in [0.2, 0.25) is 0 Å². The molecule has 3 heterocycles. The SMILES string of the molecule is O[C@H]1CC[C@H]2CN(CCc3ccccc3)[C@@H]1CN2Cc1ccccc1. The van der Waals surface area contributed by atoms with Gasteiger partial charge in [0, 0.05) is 38.3 Å². The monoisotopic (exact) mass is 336 g/mol. The molecule has 3 aliphatic heterocycles. The van der Waals surface area contributed by atoms with Crippen LogP contribution >= 0.6 is 0 Å². The zero-order valence-corrected chi connectivity index (χ0v) is 14.8. The van der Waals surface area contributed by atoms with Crippen LogP contribution in [0.5, 0.6) is 0 Å². The standard InChI is InChI=1S/C22H28N2O/c25-22-12-11-20-16-23(14-13-18-7-3-1-4-8-18)21(22)17-24(20)15-19-9-5-2-6-10-19/h1-10,20-22,25H,11-17H2/t20-,21+,22-/m0/s1. The molecule has 3 atom stereocenters. The van der Waals surface area contributed by atoms with Gasteiger partial charge in [0.15, 0.2) is 0 Å². The average molecular weight is 336 g/mol. The third kappa shape index (κ3) is 3.95. The molecule has 3 saturated heterocycles. The first-order chi connectivity index (χ1) is 12.3. The number of benzene rings is 2. The normalized spacial score (nSPS) is 27.3. The van der Waals surface area contributed by atoms with E-state index >= 15 is 0 Å². The van der Waals surface area contributed by atoms with Gasteiger partial charge in [-0.3, -0.25) is 9.80 Å². The fourth-order valence-electron chi connectivity index (χ4n) is 4.41. The molecule has 1 N–H and O–H groups in total. The maximum atomic E-state index is 10.7. The lowest BCUT2D eigenvalue weighted by atomic mass is 10.0. The zero-order valence-electron chi connectivity index (χ0n) is 14.8. The minimum Gasteiger partial charge on any atom is -0.391 e. The second kappa shape index (κ2) is 7.69. The molecule has 0 saturated carbocycles. The number of nitrogens with zero attached hydrogens (tertiary/aromatic N) is 2. The summed E-state index contributed by atoms with van der Waals surface area (Å²) in [5, 5.41) is 10.7. The van der Waals surface area contributed by atoms with Crippen LogP contribution in [0.15, 0.2) is 60.7 Å². The second-order valence-electron chi connectivity index (χ2n) is 7.51. The summed E-state index contributed by atoms with van der Waals surface area (Å²) in [5.74, 6) is 0. The first-order valence-electron chi connectivity index (χ1n) is 9.53. The molecule has 25 heavy (non-hydrogen) atoms. The molecule has 2 bridgehead atoms. The second-order valence-corrected chi connectivity index (χ2v) is 7.51. The number of hydrogen-bond donors (Lipinski definition) is 1. The predicted molar refractivity (Wildman–Crippen MR) is 101 cm³/mol. The molecule has 3 fully saturated rings. The van der Waals surface area contributed by atoms with E-state index in [9.17, 15) is 5.11 Å². The zero-order chi connectivity index (χ0) is 17.1. The van der Waals surface area contributed by atoms with Gasteiger partial charge in [-0.1, -0.05) is 60.7 Å².